The molecule has 2 atom stereocenters. The molecule has 2 aromatic carbocycles. The Kier molecular flexibility index (Phi) is 9.60. The molecule has 1 N–H and O–H groups in total. The second kappa shape index (κ2) is 13.1. The third-order valence-electron chi connectivity index (χ3n) is 5.56. The SMILES string of the molecule is COc1ccnc(C(=O)NC(C)C(=O)O[C@@H](C)C(c2ccccc2)c2ccccc2)c1OCOC(C)=O. The highest BCUT2D eigenvalue weighted by molar-refractivity contribution is 5.98. The molecule has 9 nitrogen and oxygen atoms in total. The predicted octanol–water partition coefficient (Wildman–Crippen LogP) is 3.87. The number of ether oxygens (including phenoxy) is 4. The minimum absolute atomic E-state index is 0.0223. The summed E-state index contributed by atoms with van der Waals surface area (Å²) in [5.41, 5.74) is 1.87. The molecule has 9 heteroatoms. The minimum Gasteiger partial charge on any atom is -0.493 e. The van der Waals surface area contributed by atoms with Crippen LogP contribution in [0.5, 0.6) is 11.5 Å². The van der Waals surface area contributed by atoms with Crippen molar-refractivity contribution in [2.24, 2.45) is 0 Å². The molecule has 37 heavy (non-hydrogen) atoms. The van der Waals surface area contributed by atoms with E-state index < -0.39 is 36.8 Å². The fraction of sp³-hybridized carbons (Fsp3) is 0.286. The largest absolute Gasteiger partial charge is 0.493 e. The first-order chi connectivity index (χ1) is 17.8. The average molecular weight is 507 g/mol. The Morgan fingerprint density at radius 3 is 2.05 bits per heavy atom. The fourth-order valence-electron chi connectivity index (χ4n) is 3.80. The van der Waals surface area contributed by atoms with Crippen molar-refractivity contribution >= 4 is 17.8 Å². The van der Waals surface area contributed by atoms with Crippen LogP contribution < -0.4 is 14.8 Å². The number of hydrogen-bond acceptors (Lipinski definition) is 8. The van der Waals surface area contributed by atoms with Crippen LogP contribution in [0.4, 0.5) is 0 Å². The van der Waals surface area contributed by atoms with Gasteiger partial charge in [-0.15, -0.1) is 0 Å². The monoisotopic (exact) mass is 506 g/mol. The average Bonchev–Trinajstić information content (AvgIpc) is 2.89. The smallest absolute Gasteiger partial charge is 0.328 e. The number of hydrogen-bond donors (Lipinski definition) is 1. The van der Waals surface area contributed by atoms with Crippen molar-refractivity contribution in [1.82, 2.24) is 10.3 Å². The highest BCUT2D eigenvalue weighted by Crippen LogP contribution is 2.31. The lowest BCUT2D eigenvalue weighted by Crippen LogP contribution is -2.41. The first-order valence-electron chi connectivity index (χ1n) is 11.7. The van der Waals surface area contributed by atoms with Crippen molar-refractivity contribution in [3.8, 4) is 11.5 Å². The third-order valence-corrected chi connectivity index (χ3v) is 5.56. The van der Waals surface area contributed by atoms with Gasteiger partial charge in [0, 0.05) is 25.1 Å². The zero-order chi connectivity index (χ0) is 26.8. The molecule has 0 spiro atoms. The van der Waals surface area contributed by atoms with E-state index in [0.717, 1.165) is 11.1 Å². The number of nitrogens with one attached hydrogen (secondary N) is 1. The van der Waals surface area contributed by atoms with E-state index in [0.29, 0.717) is 0 Å². The Morgan fingerprint density at radius 2 is 1.51 bits per heavy atom. The van der Waals surface area contributed by atoms with Gasteiger partial charge in [0.25, 0.3) is 5.91 Å². The molecule has 3 aromatic rings. The van der Waals surface area contributed by atoms with E-state index in [1.165, 1.54) is 33.2 Å². The maximum Gasteiger partial charge on any atom is 0.328 e. The normalized spacial score (nSPS) is 12.2. The van der Waals surface area contributed by atoms with Gasteiger partial charge in [0.15, 0.2) is 17.2 Å². The highest BCUT2D eigenvalue weighted by atomic mass is 16.7. The Labute approximate surface area is 215 Å². The van der Waals surface area contributed by atoms with Gasteiger partial charge in [-0.1, -0.05) is 60.7 Å². The van der Waals surface area contributed by atoms with Gasteiger partial charge in [0.1, 0.15) is 12.1 Å². The summed E-state index contributed by atoms with van der Waals surface area (Å²) in [5, 5.41) is 2.59. The third kappa shape index (κ3) is 7.30. The number of benzene rings is 2. The molecule has 0 saturated carbocycles. The lowest BCUT2D eigenvalue weighted by atomic mass is 9.87. The standard InChI is InChI=1S/C28H30N2O7/c1-18(30-27(32)25-26(36-17-35-20(3)31)23(34-4)15-16-29-25)28(33)37-19(2)24(21-11-7-5-8-12-21)22-13-9-6-10-14-22/h5-16,18-19,24H,17H2,1-4H3,(H,30,32)/t18?,19-/m0/s1. The summed E-state index contributed by atoms with van der Waals surface area (Å²) >= 11 is 0. The van der Waals surface area contributed by atoms with E-state index in [9.17, 15) is 14.4 Å². The number of amides is 1. The number of carbonyl (C=O) groups is 3. The number of rotatable bonds is 11. The molecule has 0 aliphatic carbocycles. The maximum absolute atomic E-state index is 13.0. The zero-order valence-electron chi connectivity index (χ0n) is 21.2. The number of carbonyl (C=O) groups excluding carboxylic acids is 3. The molecule has 1 aromatic heterocycles. The van der Waals surface area contributed by atoms with E-state index in [-0.39, 0.29) is 23.1 Å². The Morgan fingerprint density at radius 1 is 0.919 bits per heavy atom. The van der Waals surface area contributed by atoms with Crippen LogP contribution in [0.3, 0.4) is 0 Å². The Bertz CT molecular complexity index is 1160. The molecular formula is C28H30N2O7. The number of nitrogens with zero attached hydrogens (tertiary/aromatic N) is 1. The number of esters is 2. The van der Waals surface area contributed by atoms with Crippen LogP contribution in [0.2, 0.25) is 0 Å². The van der Waals surface area contributed by atoms with Gasteiger partial charge in [-0.05, 0) is 25.0 Å². The van der Waals surface area contributed by atoms with Crippen LogP contribution in [-0.4, -0.2) is 48.9 Å². The lowest BCUT2D eigenvalue weighted by molar-refractivity contribution is -0.151. The van der Waals surface area contributed by atoms with E-state index in [1.807, 2.05) is 67.6 Å². The number of aromatic nitrogens is 1. The summed E-state index contributed by atoms with van der Waals surface area (Å²) in [7, 11) is 1.40. The quantitative estimate of drug-likeness (QED) is 0.308. The van der Waals surface area contributed by atoms with Crippen molar-refractivity contribution < 1.29 is 33.3 Å². The van der Waals surface area contributed by atoms with Crippen molar-refractivity contribution in [3.63, 3.8) is 0 Å². The van der Waals surface area contributed by atoms with Crippen LogP contribution in [0.15, 0.2) is 72.9 Å². The van der Waals surface area contributed by atoms with Gasteiger partial charge >= 0.3 is 11.9 Å². The van der Waals surface area contributed by atoms with E-state index in [1.54, 1.807) is 0 Å². The summed E-state index contributed by atoms with van der Waals surface area (Å²) in [6.07, 6.45) is 0.844. The van der Waals surface area contributed by atoms with E-state index >= 15 is 0 Å². The highest BCUT2D eigenvalue weighted by Gasteiger charge is 2.28. The van der Waals surface area contributed by atoms with Gasteiger partial charge in [-0.2, -0.15) is 0 Å². The summed E-state index contributed by atoms with van der Waals surface area (Å²) in [4.78, 5) is 41.1. The van der Waals surface area contributed by atoms with Gasteiger partial charge in [0.05, 0.1) is 7.11 Å². The maximum atomic E-state index is 13.0. The summed E-state index contributed by atoms with van der Waals surface area (Å²) in [5.74, 6) is -1.85. The van der Waals surface area contributed by atoms with Crippen molar-refractivity contribution in [2.75, 3.05) is 13.9 Å². The lowest BCUT2D eigenvalue weighted by Gasteiger charge is -2.26. The molecule has 3 rings (SSSR count). The van der Waals surface area contributed by atoms with Crippen LogP contribution >= 0.6 is 0 Å². The first-order valence-corrected chi connectivity index (χ1v) is 11.7. The number of methoxy groups -OCH3 is 1. The van der Waals surface area contributed by atoms with E-state index in [2.05, 4.69) is 10.3 Å². The summed E-state index contributed by atoms with van der Waals surface area (Å²) in [6, 6.07) is 20.0. The predicted molar refractivity (Wildman–Crippen MR) is 135 cm³/mol. The van der Waals surface area contributed by atoms with Crippen LogP contribution in [0.1, 0.15) is 48.3 Å². The first kappa shape index (κ1) is 27.2. The second-order valence-corrected chi connectivity index (χ2v) is 8.23. The molecule has 0 aliphatic heterocycles. The van der Waals surface area contributed by atoms with E-state index in [4.69, 9.17) is 18.9 Å². The molecule has 1 heterocycles. The topological polar surface area (TPSA) is 113 Å². The summed E-state index contributed by atoms with van der Waals surface area (Å²) in [6.45, 7) is 4.13. The van der Waals surface area contributed by atoms with Gasteiger partial charge < -0.3 is 24.3 Å². The van der Waals surface area contributed by atoms with Crippen LogP contribution in [-0.2, 0) is 19.1 Å². The molecular weight excluding hydrogens is 476 g/mol. The molecule has 0 saturated heterocycles. The Balaban J connectivity index is 1.72. The Hall–Kier alpha value is -4.40. The molecule has 1 unspecified atom stereocenters. The summed E-state index contributed by atoms with van der Waals surface area (Å²) < 4.78 is 21.2. The van der Waals surface area contributed by atoms with Gasteiger partial charge in [-0.3, -0.25) is 9.59 Å². The second-order valence-electron chi connectivity index (χ2n) is 8.23. The molecule has 194 valence electrons. The zero-order valence-corrected chi connectivity index (χ0v) is 21.2. The number of pyridine rings is 1. The fourth-order valence-corrected chi connectivity index (χ4v) is 3.80. The van der Waals surface area contributed by atoms with Crippen molar-refractivity contribution in [2.45, 2.75) is 38.8 Å². The molecule has 1 amide bonds. The van der Waals surface area contributed by atoms with Crippen LogP contribution in [0.25, 0.3) is 0 Å². The van der Waals surface area contributed by atoms with Gasteiger partial charge in [0.2, 0.25) is 6.79 Å². The molecule has 0 radical (unpaired) electrons. The minimum atomic E-state index is -0.989. The van der Waals surface area contributed by atoms with Gasteiger partial charge in [-0.25, -0.2) is 9.78 Å². The van der Waals surface area contributed by atoms with Crippen molar-refractivity contribution in [1.29, 1.82) is 0 Å². The van der Waals surface area contributed by atoms with Crippen LogP contribution in [0, 0.1) is 0 Å². The van der Waals surface area contributed by atoms with Crippen molar-refractivity contribution in [3.05, 3.63) is 89.7 Å². The molecule has 0 bridgehead atoms. The molecule has 0 fully saturated rings. The molecule has 0 aliphatic rings.